The highest BCUT2D eigenvalue weighted by atomic mass is 16.5. The zero-order chi connectivity index (χ0) is 13.9. The van der Waals surface area contributed by atoms with Gasteiger partial charge >= 0.3 is 0 Å². The van der Waals surface area contributed by atoms with Crippen molar-refractivity contribution < 1.29 is 4.74 Å². The Balaban J connectivity index is 2.11. The first-order valence-electron chi connectivity index (χ1n) is 6.60. The number of ether oxygens (including phenoxy) is 1. The minimum atomic E-state index is 0.470. The summed E-state index contributed by atoms with van der Waals surface area (Å²) in [5.41, 5.74) is 7.87. The number of pyridine rings is 1. The monoisotopic (exact) mass is 264 g/mol. The fourth-order valence-corrected chi connectivity index (χ4v) is 2.24. The molecule has 0 saturated heterocycles. The second-order valence-corrected chi connectivity index (χ2v) is 4.71. The van der Waals surface area contributed by atoms with Gasteiger partial charge in [0.25, 0.3) is 0 Å². The quantitative estimate of drug-likeness (QED) is 0.782. The van der Waals surface area contributed by atoms with E-state index in [-0.39, 0.29) is 0 Å². The second-order valence-electron chi connectivity index (χ2n) is 4.71. The van der Waals surface area contributed by atoms with Crippen LogP contribution in [0.1, 0.15) is 11.1 Å². The first-order valence-corrected chi connectivity index (χ1v) is 6.60. The number of rotatable bonds is 3. The molecule has 100 valence electrons. The summed E-state index contributed by atoms with van der Waals surface area (Å²) in [5, 5.41) is 2.08. The largest absolute Gasteiger partial charge is 0.438 e. The van der Waals surface area contributed by atoms with Crippen LogP contribution in [-0.2, 0) is 6.54 Å². The van der Waals surface area contributed by atoms with Crippen LogP contribution in [0.3, 0.4) is 0 Å². The van der Waals surface area contributed by atoms with Crippen molar-refractivity contribution in [3.63, 3.8) is 0 Å². The molecule has 0 amide bonds. The van der Waals surface area contributed by atoms with Gasteiger partial charge in [0.15, 0.2) is 0 Å². The molecule has 0 atom stereocenters. The van der Waals surface area contributed by atoms with Crippen LogP contribution in [0.2, 0.25) is 0 Å². The number of hydrogen-bond acceptors (Lipinski definition) is 3. The fraction of sp³-hybridized carbons (Fsp3) is 0.118. The normalized spacial score (nSPS) is 10.7. The van der Waals surface area contributed by atoms with Gasteiger partial charge in [0.05, 0.1) is 0 Å². The van der Waals surface area contributed by atoms with Gasteiger partial charge in [0.2, 0.25) is 5.88 Å². The van der Waals surface area contributed by atoms with E-state index in [0.29, 0.717) is 12.4 Å². The summed E-state index contributed by atoms with van der Waals surface area (Å²) in [7, 11) is 0. The molecule has 2 aromatic carbocycles. The Morgan fingerprint density at radius 3 is 2.45 bits per heavy atom. The molecule has 0 aliphatic carbocycles. The number of nitrogens with zero attached hydrogens (tertiary/aromatic N) is 1. The minimum Gasteiger partial charge on any atom is -0.438 e. The first-order chi connectivity index (χ1) is 9.79. The van der Waals surface area contributed by atoms with Crippen molar-refractivity contribution >= 4 is 10.8 Å². The molecule has 0 fully saturated rings. The molecule has 0 spiro atoms. The molecular weight excluding hydrogens is 248 g/mol. The van der Waals surface area contributed by atoms with Crippen molar-refractivity contribution in [2.75, 3.05) is 0 Å². The number of benzene rings is 2. The van der Waals surface area contributed by atoms with E-state index in [0.717, 1.165) is 27.6 Å². The standard InChI is InChI=1S/C17H16N2O/c1-12-6-2-5-9-16(12)20-17-15-8-4-3-7-14(15)13(10-18)11-19-17/h2-9,11H,10,18H2,1H3. The van der Waals surface area contributed by atoms with Gasteiger partial charge < -0.3 is 10.5 Å². The van der Waals surface area contributed by atoms with Gasteiger partial charge in [-0.1, -0.05) is 36.4 Å². The Bertz CT molecular complexity index is 753. The van der Waals surface area contributed by atoms with Crippen LogP contribution in [0.4, 0.5) is 0 Å². The third-order valence-electron chi connectivity index (χ3n) is 3.36. The smallest absolute Gasteiger partial charge is 0.227 e. The molecule has 3 rings (SSSR count). The van der Waals surface area contributed by atoms with Crippen molar-refractivity contribution in [1.29, 1.82) is 0 Å². The van der Waals surface area contributed by atoms with Gasteiger partial charge in [0, 0.05) is 18.1 Å². The van der Waals surface area contributed by atoms with Gasteiger partial charge in [0.1, 0.15) is 5.75 Å². The van der Waals surface area contributed by atoms with E-state index in [1.807, 2.05) is 55.5 Å². The van der Waals surface area contributed by atoms with Gasteiger partial charge in [-0.25, -0.2) is 4.98 Å². The highest BCUT2D eigenvalue weighted by molar-refractivity contribution is 5.89. The number of hydrogen-bond donors (Lipinski definition) is 1. The molecule has 0 saturated carbocycles. The molecule has 2 N–H and O–H groups in total. The predicted molar refractivity (Wildman–Crippen MR) is 80.9 cm³/mol. The zero-order valence-corrected chi connectivity index (χ0v) is 11.3. The van der Waals surface area contributed by atoms with Crippen LogP contribution >= 0.6 is 0 Å². The Hall–Kier alpha value is -2.39. The predicted octanol–water partition coefficient (Wildman–Crippen LogP) is 3.79. The molecule has 3 aromatic rings. The maximum atomic E-state index is 5.97. The summed E-state index contributed by atoms with van der Waals surface area (Å²) < 4.78 is 5.97. The molecule has 20 heavy (non-hydrogen) atoms. The SMILES string of the molecule is Cc1ccccc1Oc1ncc(CN)c2ccccc12. The average Bonchev–Trinajstić information content (AvgIpc) is 2.50. The Morgan fingerprint density at radius 1 is 1.00 bits per heavy atom. The molecule has 0 aliphatic heterocycles. The van der Waals surface area contributed by atoms with Gasteiger partial charge in [-0.05, 0) is 35.6 Å². The number of aromatic nitrogens is 1. The van der Waals surface area contributed by atoms with Crippen LogP contribution in [0.5, 0.6) is 11.6 Å². The van der Waals surface area contributed by atoms with Crippen molar-refractivity contribution in [1.82, 2.24) is 4.98 Å². The highest BCUT2D eigenvalue weighted by Gasteiger charge is 2.09. The number of aryl methyl sites for hydroxylation is 1. The third kappa shape index (κ3) is 2.24. The van der Waals surface area contributed by atoms with Gasteiger partial charge in [-0.15, -0.1) is 0 Å². The molecule has 1 aromatic heterocycles. The van der Waals surface area contributed by atoms with Crippen LogP contribution < -0.4 is 10.5 Å². The first kappa shape index (κ1) is 12.6. The van der Waals surface area contributed by atoms with E-state index in [4.69, 9.17) is 10.5 Å². The number of para-hydroxylation sites is 1. The van der Waals surface area contributed by atoms with Crippen LogP contribution in [0.25, 0.3) is 10.8 Å². The van der Waals surface area contributed by atoms with E-state index in [1.54, 1.807) is 6.20 Å². The maximum Gasteiger partial charge on any atom is 0.227 e. The fourth-order valence-electron chi connectivity index (χ4n) is 2.24. The molecule has 1 heterocycles. The lowest BCUT2D eigenvalue weighted by atomic mass is 10.1. The van der Waals surface area contributed by atoms with Gasteiger partial charge in [-0.3, -0.25) is 0 Å². The van der Waals surface area contributed by atoms with E-state index in [9.17, 15) is 0 Å². The lowest BCUT2D eigenvalue weighted by Crippen LogP contribution is -2.00. The molecular formula is C17H16N2O. The lowest BCUT2D eigenvalue weighted by Gasteiger charge is -2.11. The summed E-state index contributed by atoms with van der Waals surface area (Å²) in [4.78, 5) is 4.41. The Kier molecular flexibility index (Phi) is 3.35. The molecule has 0 radical (unpaired) electrons. The van der Waals surface area contributed by atoms with E-state index >= 15 is 0 Å². The van der Waals surface area contributed by atoms with Crippen LogP contribution in [0.15, 0.2) is 54.7 Å². The van der Waals surface area contributed by atoms with E-state index in [1.165, 1.54) is 0 Å². The molecule has 3 nitrogen and oxygen atoms in total. The van der Waals surface area contributed by atoms with Crippen LogP contribution in [0, 0.1) is 6.92 Å². The van der Waals surface area contributed by atoms with Gasteiger partial charge in [-0.2, -0.15) is 0 Å². The molecule has 3 heteroatoms. The number of nitrogens with two attached hydrogens (primary N) is 1. The van der Waals surface area contributed by atoms with Crippen molar-refractivity contribution in [3.05, 3.63) is 65.9 Å². The molecule has 0 aliphatic rings. The second kappa shape index (κ2) is 5.31. The number of fused-ring (bicyclic) bond motifs is 1. The maximum absolute atomic E-state index is 5.97. The highest BCUT2D eigenvalue weighted by Crippen LogP contribution is 2.30. The molecule has 0 unspecified atom stereocenters. The van der Waals surface area contributed by atoms with Crippen LogP contribution in [-0.4, -0.2) is 4.98 Å². The van der Waals surface area contributed by atoms with Crippen molar-refractivity contribution in [2.45, 2.75) is 13.5 Å². The summed E-state index contributed by atoms with van der Waals surface area (Å²) in [6.07, 6.45) is 1.79. The third-order valence-corrected chi connectivity index (χ3v) is 3.36. The summed E-state index contributed by atoms with van der Waals surface area (Å²) >= 11 is 0. The average molecular weight is 264 g/mol. The Morgan fingerprint density at radius 2 is 1.70 bits per heavy atom. The Labute approximate surface area is 118 Å². The summed E-state index contributed by atoms with van der Waals surface area (Å²) in [6, 6.07) is 15.9. The lowest BCUT2D eigenvalue weighted by molar-refractivity contribution is 0.465. The van der Waals surface area contributed by atoms with E-state index < -0.39 is 0 Å². The topological polar surface area (TPSA) is 48.1 Å². The molecule has 0 bridgehead atoms. The summed E-state index contributed by atoms with van der Waals surface area (Å²) in [5.74, 6) is 1.44. The van der Waals surface area contributed by atoms with E-state index in [2.05, 4.69) is 4.98 Å². The minimum absolute atomic E-state index is 0.470. The van der Waals surface area contributed by atoms with Crippen molar-refractivity contribution in [3.8, 4) is 11.6 Å². The summed E-state index contributed by atoms with van der Waals surface area (Å²) in [6.45, 7) is 2.49. The van der Waals surface area contributed by atoms with Crippen molar-refractivity contribution in [2.24, 2.45) is 5.73 Å². The zero-order valence-electron chi connectivity index (χ0n) is 11.3.